The first-order chi connectivity index (χ1) is 18.9. The SMILES string of the molecule is CCOC(=O)C1=C(C)N=c2s/c(=C\c3ccc(OCc4cccc(Cl)c4)c(OC)c3)c(=O)n2[C@@H]1c1cccs1. The molecule has 7 nitrogen and oxygen atoms in total. The Kier molecular flexibility index (Phi) is 8.02. The first kappa shape index (κ1) is 26.9. The number of thiophene rings is 1. The van der Waals surface area contributed by atoms with Crippen LogP contribution < -0.4 is 24.4 Å². The summed E-state index contributed by atoms with van der Waals surface area (Å²) < 4.78 is 18.9. The molecule has 0 saturated heterocycles. The van der Waals surface area contributed by atoms with Gasteiger partial charge in [-0.1, -0.05) is 47.2 Å². The van der Waals surface area contributed by atoms with Gasteiger partial charge in [-0.15, -0.1) is 11.3 Å². The van der Waals surface area contributed by atoms with Gasteiger partial charge in [0.05, 0.1) is 29.5 Å². The van der Waals surface area contributed by atoms with E-state index in [0.29, 0.717) is 43.7 Å². The Morgan fingerprint density at radius 3 is 2.72 bits per heavy atom. The van der Waals surface area contributed by atoms with Crippen molar-refractivity contribution < 1.29 is 19.0 Å². The van der Waals surface area contributed by atoms with Crippen LogP contribution in [0.25, 0.3) is 6.08 Å². The van der Waals surface area contributed by atoms with Gasteiger partial charge in [-0.25, -0.2) is 9.79 Å². The number of ether oxygens (including phenoxy) is 3. The molecule has 1 atom stereocenters. The van der Waals surface area contributed by atoms with Crippen LogP contribution in [0.2, 0.25) is 5.02 Å². The van der Waals surface area contributed by atoms with Crippen LogP contribution >= 0.6 is 34.3 Å². The Balaban J connectivity index is 1.52. The lowest BCUT2D eigenvalue weighted by Crippen LogP contribution is -2.39. The van der Waals surface area contributed by atoms with E-state index < -0.39 is 12.0 Å². The highest BCUT2D eigenvalue weighted by Gasteiger charge is 2.33. The van der Waals surface area contributed by atoms with Crippen LogP contribution in [0.5, 0.6) is 11.5 Å². The number of allylic oxidation sites excluding steroid dienone is 1. The molecule has 0 aliphatic carbocycles. The lowest BCUT2D eigenvalue weighted by Gasteiger charge is -2.23. The molecule has 0 bridgehead atoms. The summed E-state index contributed by atoms with van der Waals surface area (Å²) in [5, 5.41) is 2.57. The Bertz CT molecular complexity index is 1740. The largest absolute Gasteiger partial charge is 0.493 e. The number of hydrogen-bond acceptors (Lipinski definition) is 8. The zero-order valence-electron chi connectivity index (χ0n) is 21.5. The van der Waals surface area contributed by atoms with Gasteiger partial charge in [-0.2, -0.15) is 0 Å². The minimum atomic E-state index is -0.598. The van der Waals surface area contributed by atoms with Crippen molar-refractivity contribution in [1.82, 2.24) is 4.57 Å². The van der Waals surface area contributed by atoms with Gasteiger partial charge in [-0.05, 0) is 66.8 Å². The van der Waals surface area contributed by atoms with E-state index in [1.165, 1.54) is 22.7 Å². The van der Waals surface area contributed by atoms with E-state index in [4.69, 9.17) is 25.8 Å². The number of carbonyl (C=O) groups excluding carboxylic acids is 1. The summed E-state index contributed by atoms with van der Waals surface area (Å²) in [5.41, 5.74) is 2.39. The van der Waals surface area contributed by atoms with Crippen LogP contribution in [-0.2, 0) is 16.1 Å². The number of carbonyl (C=O) groups is 1. The van der Waals surface area contributed by atoms with Gasteiger partial charge in [0.1, 0.15) is 12.6 Å². The van der Waals surface area contributed by atoms with Gasteiger partial charge >= 0.3 is 5.97 Å². The molecule has 0 N–H and O–H groups in total. The predicted octanol–water partition coefficient (Wildman–Crippen LogP) is 5.10. The highest BCUT2D eigenvalue weighted by Crippen LogP contribution is 2.33. The third-order valence-electron chi connectivity index (χ3n) is 6.10. The highest BCUT2D eigenvalue weighted by atomic mass is 35.5. The Hall–Kier alpha value is -3.66. The molecule has 0 spiro atoms. The van der Waals surface area contributed by atoms with E-state index in [-0.39, 0.29) is 12.2 Å². The van der Waals surface area contributed by atoms with Crippen molar-refractivity contribution in [2.24, 2.45) is 4.99 Å². The second-order valence-electron chi connectivity index (χ2n) is 8.65. The van der Waals surface area contributed by atoms with Gasteiger partial charge in [0.2, 0.25) is 0 Å². The Morgan fingerprint density at radius 2 is 2.00 bits per heavy atom. The summed E-state index contributed by atoms with van der Waals surface area (Å²) >= 11 is 8.83. The number of rotatable bonds is 8. The van der Waals surface area contributed by atoms with Crippen LogP contribution in [0.1, 0.15) is 35.9 Å². The Morgan fingerprint density at radius 1 is 1.15 bits per heavy atom. The fourth-order valence-electron chi connectivity index (χ4n) is 4.34. The fourth-order valence-corrected chi connectivity index (χ4v) is 6.42. The van der Waals surface area contributed by atoms with Crippen LogP contribution in [0, 0.1) is 0 Å². The van der Waals surface area contributed by atoms with Gasteiger partial charge in [0.15, 0.2) is 16.3 Å². The quantitative estimate of drug-likeness (QED) is 0.271. The smallest absolute Gasteiger partial charge is 0.338 e. The van der Waals surface area contributed by atoms with E-state index in [2.05, 4.69) is 4.99 Å². The van der Waals surface area contributed by atoms with E-state index >= 15 is 0 Å². The predicted molar refractivity (Wildman–Crippen MR) is 153 cm³/mol. The molecule has 3 heterocycles. The molecule has 0 fully saturated rings. The molecule has 2 aromatic carbocycles. The maximum Gasteiger partial charge on any atom is 0.338 e. The first-order valence-electron chi connectivity index (χ1n) is 12.2. The lowest BCUT2D eigenvalue weighted by atomic mass is 10.0. The van der Waals surface area contributed by atoms with Crippen LogP contribution in [0.4, 0.5) is 0 Å². The van der Waals surface area contributed by atoms with E-state index in [1.807, 2.05) is 60.0 Å². The number of nitrogens with zero attached hydrogens (tertiary/aromatic N) is 2. The van der Waals surface area contributed by atoms with Crippen LogP contribution in [0.15, 0.2) is 81.0 Å². The maximum atomic E-state index is 13.7. The third kappa shape index (κ3) is 5.56. The first-order valence-corrected chi connectivity index (χ1v) is 14.3. The van der Waals surface area contributed by atoms with Crippen molar-refractivity contribution in [3.8, 4) is 11.5 Å². The molecule has 39 heavy (non-hydrogen) atoms. The summed E-state index contributed by atoms with van der Waals surface area (Å²) in [6.07, 6.45) is 1.79. The fraction of sp³-hybridized carbons (Fsp3) is 0.207. The number of methoxy groups -OCH3 is 1. The topological polar surface area (TPSA) is 79.1 Å². The molecule has 200 valence electrons. The molecule has 0 amide bonds. The van der Waals surface area contributed by atoms with E-state index in [9.17, 15) is 9.59 Å². The van der Waals surface area contributed by atoms with Crippen molar-refractivity contribution in [2.75, 3.05) is 13.7 Å². The van der Waals surface area contributed by atoms with Gasteiger partial charge in [-0.3, -0.25) is 9.36 Å². The molecule has 2 aromatic heterocycles. The molecular weight excluding hydrogens is 556 g/mol. The minimum absolute atomic E-state index is 0.230. The van der Waals surface area contributed by atoms with Gasteiger partial charge < -0.3 is 14.2 Å². The van der Waals surface area contributed by atoms with Crippen molar-refractivity contribution in [2.45, 2.75) is 26.5 Å². The Labute approximate surface area is 237 Å². The molecule has 4 aromatic rings. The molecule has 0 saturated carbocycles. The summed E-state index contributed by atoms with van der Waals surface area (Å²) in [4.78, 5) is 32.6. The highest BCUT2D eigenvalue weighted by molar-refractivity contribution is 7.10. The normalized spacial score (nSPS) is 15.1. The minimum Gasteiger partial charge on any atom is -0.493 e. The van der Waals surface area contributed by atoms with Crippen molar-refractivity contribution in [1.29, 1.82) is 0 Å². The van der Waals surface area contributed by atoms with E-state index in [0.717, 1.165) is 16.0 Å². The zero-order chi connectivity index (χ0) is 27.5. The maximum absolute atomic E-state index is 13.7. The van der Waals surface area contributed by atoms with Crippen molar-refractivity contribution in [3.63, 3.8) is 0 Å². The van der Waals surface area contributed by atoms with Gasteiger partial charge in [0.25, 0.3) is 5.56 Å². The second kappa shape index (κ2) is 11.6. The number of aromatic nitrogens is 1. The summed E-state index contributed by atoms with van der Waals surface area (Å²) in [5.74, 6) is 0.642. The molecule has 10 heteroatoms. The molecule has 5 rings (SSSR count). The van der Waals surface area contributed by atoms with Crippen molar-refractivity contribution >= 4 is 46.3 Å². The van der Waals surface area contributed by atoms with Gasteiger partial charge in [0, 0.05) is 9.90 Å². The number of halogens is 1. The molecule has 1 aliphatic heterocycles. The standard InChI is InChI=1S/C29H25ClN2O5S2/c1-4-36-28(34)25-17(2)31-29-32(26(25)23-9-6-12-38-23)27(33)24(39-29)15-18-10-11-21(22(14-18)35-3)37-16-19-7-5-8-20(30)13-19/h5-15,26H,4,16H2,1-3H3/b24-15-/t26-/m1/s1. The summed E-state index contributed by atoms with van der Waals surface area (Å²) in [6, 6.07) is 16.2. The van der Waals surface area contributed by atoms with Crippen molar-refractivity contribution in [3.05, 3.63) is 112 Å². The number of fused-ring (bicyclic) bond motifs is 1. The summed E-state index contributed by atoms with van der Waals surface area (Å²) in [7, 11) is 1.57. The number of hydrogen-bond donors (Lipinski definition) is 0. The van der Waals surface area contributed by atoms with Crippen LogP contribution in [-0.4, -0.2) is 24.3 Å². The number of esters is 1. The molecule has 1 aliphatic rings. The third-order valence-corrected chi connectivity index (χ3v) is 8.24. The molecule has 0 radical (unpaired) electrons. The van der Waals surface area contributed by atoms with Crippen LogP contribution in [0.3, 0.4) is 0 Å². The lowest BCUT2D eigenvalue weighted by molar-refractivity contribution is -0.139. The number of thiazole rings is 1. The average molecular weight is 581 g/mol. The molecule has 0 unspecified atom stereocenters. The van der Waals surface area contributed by atoms with E-state index in [1.54, 1.807) is 31.6 Å². The average Bonchev–Trinajstić information content (AvgIpc) is 3.56. The second-order valence-corrected chi connectivity index (χ2v) is 11.1. The molecular formula is C29H25ClN2O5S2. The number of benzene rings is 2. The zero-order valence-corrected chi connectivity index (χ0v) is 23.9. The monoisotopic (exact) mass is 580 g/mol. The summed E-state index contributed by atoms with van der Waals surface area (Å²) in [6.45, 7) is 4.10.